The maximum Gasteiger partial charge on any atom is 0.149 e. The topological polar surface area (TPSA) is 3.24 Å². The van der Waals surface area contributed by atoms with Crippen LogP contribution in [0.1, 0.15) is 34.3 Å². The van der Waals surface area contributed by atoms with E-state index >= 15 is 4.39 Å². The fourth-order valence-electron chi connectivity index (χ4n) is 4.38. The number of rotatable bonds is 3. The minimum Gasteiger partial charge on any atom is -0.347 e. The first-order chi connectivity index (χ1) is 14.2. The molecule has 0 N–H and O–H groups in total. The second kappa shape index (κ2) is 7.17. The zero-order chi connectivity index (χ0) is 19.8. The van der Waals surface area contributed by atoms with Gasteiger partial charge < -0.3 is 4.90 Å². The van der Waals surface area contributed by atoms with E-state index in [0.29, 0.717) is 5.69 Å². The van der Waals surface area contributed by atoms with Gasteiger partial charge in [0.15, 0.2) is 0 Å². The van der Waals surface area contributed by atoms with Gasteiger partial charge in [0.2, 0.25) is 0 Å². The van der Waals surface area contributed by atoms with E-state index in [9.17, 15) is 4.39 Å². The van der Waals surface area contributed by atoms with Crippen molar-refractivity contribution in [3.63, 3.8) is 0 Å². The molecule has 0 spiro atoms. The highest BCUT2D eigenvalue weighted by Crippen LogP contribution is 2.50. The van der Waals surface area contributed by atoms with Crippen molar-refractivity contribution in [2.24, 2.45) is 0 Å². The number of halogens is 2. The molecule has 1 aliphatic heterocycles. The van der Waals surface area contributed by atoms with Gasteiger partial charge in [-0.05, 0) is 34.4 Å². The summed E-state index contributed by atoms with van der Waals surface area (Å²) < 4.78 is 28.7. The fraction of sp³-hybridized carbons (Fsp3) is 0.0769. The molecule has 4 aromatic carbocycles. The third kappa shape index (κ3) is 2.99. The van der Waals surface area contributed by atoms with Crippen LogP contribution in [0.25, 0.3) is 0 Å². The second-order valence-corrected chi connectivity index (χ2v) is 7.26. The van der Waals surface area contributed by atoms with Gasteiger partial charge >= 0.3 is 0 Å². The maximum atomic E-state index is 15.0. The van der Waals surface area contributed by atoms with Crippen LogP contribution in [-0.4, -0.2) is 0 Å². The summed E-state index contributed by atoms with van der Waals surface area (Å²) in [5.41, 5.74) is 4.81. The Morgan fingerprint density at radius 1 is 0.552 bits per heavy atom. The Labute approximate surface area is 168 Å². The SMILES string of the molecule is Fc1ccc(N2C(c3ccccc3)c3ccccc3C2c2ccccc2)c(F)c1. The summed E-state index contributed by atoms with van der Waals surface area (Å²) >= 11 is 0. The molecule has 0 saturated carbocycles. The van der Waals surface area contributed by atoms with Gasteiger partial charge in [0.1, 0.15) is 11.6 Å². The molecule has 0 fully saturated rings. The van der Waals surface area contributed by atoms with Crippen LogP contribution < -0.4 is 4.90 Å². The van der Waals surface area contributed by atoms with E-state index in [-0.39, 0.29) is 12.1 Å². The van der Waals surface area contributed by atoms with E-state index in [1.54, 1.807) is 6.07 Å². The van der Waals surface area contributed by atoms with Gasteiger partial charge in [0.05, 0.1) is 17.8 Å². The minimum absolute atomic E-state index is 0.169. The molecule has 4 aromatic rings. The predicted octanol–water partition coefficient (Wildman–Crippen LogP) is 6.66. The van der Waals surface area contributed by atoms with Crippen LogP contribution in [0.4, 0.5) is 14.5 Å². The molecular formula is C26H19F2N. The molecule has 3 heteroatoms. The molecular weight excluding hydrogens is 364 g/mol. The molecule has 1 nitrogen and oxygen atoms in total. The summed E-state index contributed by atoms with van der Waals surface area (Å²) in [5.74, 6) is -1.13. The van der Waals surface area contributed by atoms with Crippen LogP contribution in [0, 0.1) is 11.6 Å². The quantitative estimate of drug-likeness (QED) is 0.382. The average Bonchev–Trinajstić information content (AvgIpc) is 3.10. The molecule has 0 radical (unpaired) electrons. The largest absolute Gasteiger partial charge is 0.347 e. The van der Waals surface area contributed by atoms with E-state index < -0.39 is 11.6 Å². The molecule has 0 saturated heterocycles. The van der Waals surface area contributed by atoms with Crippen molar-refractivity contribution < 1.29 is 8.78 Å². The fourth-order valence-corrected chi connectivity index (χ4v) is 4.38. The van der Waals surface area contributed by atoms with E-state index in [0.717, 1.165) is 28.3 Å². The van der Waals surface area contributed by atoms with Crippen LogP contribution in [0.2, 0.25) is 0 Å². The Hall–Kier alpha value is -3.46. The Morgan fingerprint density at radius 3 is 1.52 bits per heavy atom. The zero-order valence-corrected chi connectivity index (χ0v) is 15.7. The lowest BCUT2D eigenvalue weighted by Gasteiger charge is -2.34. The van der Waals surface area contributed by atoms with Crippen molar-refractivity contribution >= 4 is 5.69 Å². The van der Waals surface area contributed by atoms with E-state index in [4.69, 9.17) is 0 Å². The number of fused-ring (bicyclic) bond motifs is 1. The standard InChI is InChI=1S/C26H19F2N/c27-20-15-16-24(23(28)17-20)29-25(18-9-3-1-4-10-18)21-13-7-8-14-22(21)26(29)19-11-5-2-6-12-19/h1-17,25-26H. The summed E-state index contributed by atoms with van der Waals surface area (Å²) in [4.78, 5) is 2.07. The summed E-state index contributed by atoms with van der Waals surface area (Å²) in [6, 6.07) is 31.9. The zero-order valence-electron chi connectivity index (χ0n) is 15.7. The van der Waals surface area contributed by atoms with Crippen molar-refractivity contribution in [3.8, 4) is 0 Å². The molecule has 5 rings (SSSR count). The number of hydrogen-bond acceptors (Lipinski definition) is 1. The first-order valence-electron chi connectivity index (χ1n) is 9.66. The molecule has 0 aromatic heterocycles. The number of hydrogen-bond donors (Lipinski definition) is 0. The molecule has 0 bridgehead atoms. The van der Waals surface area contributed by atoms with Crippen LogP contribution in [-0.2, 0) is 0 Å². The van der Waals surface area contributed by atoms with Gasteiger partial charge in [-0.1, -0.05) is 84.9 Å². The summed E-state index contributed by atoms with van der Waals surface area (Å²) in [5, 5.41) is 0. The van der Waals surface area contributed by atoms with E-state index in [2.05, 4.69) is 41.3 Å². The van der Waals surface area contributed by atoms with Crippen LogP contribution in [0.3, 0.4) is 0 Å². The van der Waals surface area contributed by atoms with Crippen LogP contribution >= 0.6 is 0 Å². The lowest BCUT2D eigenvalue weighted by atomic mass is 9.95. The van der Waals surface area contributed by atoms with Gasteiger partial charge in [0.25, 0.3) is 0 Å². The van der Waals surface area contributed by atoms with Crippen LogP contribution in [0.15, 0.2) is 103 Å². The van der Waals surface area contributed by atoms with Gasteiger partial charge in [-0.25, -0.2) is 8.78 Å². The summed E-state index contributed by atoms with van der Waals surface area (Å²) in [6.45, 7) is 0. The highest BCUT2D eigenvalue weighted by atomic mass is 19.1. The summed E-state index contributed by atoms with van der Waals surface area (Å²) in [7, 11) is 0. The van der Waals surface area contributed by atoms with E-state index in [1.807, 2.05) is 48.5 Å². The third-order valence-corrected chi connectivity index (χ3v) is 5.56. The van der Waals surface area contributed by atoms with Crippen molar-refractivity contribution in [1.29, 1.82) is 0 Å². The van der Waals surface area contributed by atoms with Gasteiger partial charge in [-0.3, -0.25) is 0 Å². The monoisotopic (exact) mass is 383 g/mol. The molecule has 29 heavy (non-hydrogen) atoms. The predicted molar refractivity (Wildman–Crippen MR) is 112 cm³/mol. The Balaban J connectivity index is 1.79. The molecule has 2 unspecified atom stereocenters. The van der Waals surface area contributed by atoms with Crippen molar-refractivity contribution in [3.05, 3.63) is 137 Å². The van der Waals surface area contributed by atoms with Gasteiger partial charge in [-0.15, -0.1) is 0 Å². The number of nitrogens with zero attached hydrogens (tertiary/aromatic N) is 1. The van der Waals surface area contributed by atoms with Crippen molar-refractivity contribution in [2.45, 2.75) is 12.1 Å². The molecule has 0 amide bonds. The molecule has 2 atom stereocenters. The number of benzene rings is 4. The molecule has 142 valence electrons. The normalized spacial score (nSPS) is 17.9. The highest BCUT2D eigenvalue weighted by molar-refractivity contribution is 5.64. The summed E-state index contributed by atoms with van der Waals surface area (Å²) in [6.07, 6.45) is 0. The van der Waals surface area contributed by atoms with Crippen molar-refractivity contribution in [2.75, 3.05) is 4.90 Å². The Kier molecular flexibility index (Phi) is 4.36. The first-order valence-corrected chi connectivity index (χ1v) is 9.66. The third-order valence-electron chi connectivity index (χ3n) is 5.56. The minimum atomic E-state index is -0.574. The smallest absolute Gasteiger partial charge is 0.149 e. The van der Waals surface area contributed by atoms with Crippen molar-refractivity contribution in [1.82, 2.24) is 0 Å². The molecule has 1 aliphatic rings. The molecule has 0 aliphatic carbocycles. The lowest BCUT2D eigenvalue weighted by Crippen LogP contribution is -2.28. The Morgan fingerprint density at radius 2 is 1.03 bits per heavy atom. The number of anilines is 1. The second-order valence-electron chi connectivity index (χ2n) is 7.26. The first kappa shape index (κ1) is 17.6. The van der Waals surface area contributed by atoms with Gasteiger partial charge in [-0.2, -0.15) is 0 Å². The maximum absolute atomic E-state index is 15.0. The average molecular weight is 383 g/mol. The van der Waals surface area contributed by atoms with Gasteiger partial charge in [0, 0.05) is 6.07 Å². The Bertz CT molecular complexity index is 1080. The van der Waals surface area contributed by atoms with E-state index in [1.165, 1.54) is 6.07 Å². The molecule has 1 heterocycles. The lowest BCUT2D eigenvalue weighted by molar-refractivity contribution is 0.571. The van der Waals surface area contributed by atoms with Crippen LogP contribution in [0.5, 0.6) is 0 Å². The highest BCUT2D eigenvalue weighted by Gasteiger charge is 2.41.